The Bertz CT molecular complexity index is 1170. The molecule has 0 aliphatic heterocycles. The minimum Gasteiger partial charge on any atom is -0.479 e. The second kappa shape index (κ2) is 9.94. The third-order valence-electron chi connectivity index (χ3n) is 4.94. The van der Waals surface area contributed by atoms with Gasteiger partial charge in [0.15, 0.2) is 5.82 Å². The first-order chi connectivity index (χ1) is 16.8. The van der Waals surface area contributed by atoms with Gasteiger partial charge in [0.25, 0.3) is 0 Å². The normalized spacial score (nSPS) is 13.7. The van der Waals surface area contributed by atoms with Gasteiger partial charge in [-0.25, -0.2) is 4.79 Å². The van der Waals surface area contributed by atoms with E-state index < -0.39 is 59.3 Å². The first-order valence-electron chi connectivity index (χ1n) is 9.97. The number of nitrogens with zero attached hydrogens (tertiary/aromatic N) is 3. The zero-order chi connectivity index (χ0) is 26.7. The van der Waals surface area contributed by atoms with Gasteiger partial charge in [-0.1, -0.05) is 12.1 Å². The number of alkyl halides is 6. The molecule has 15 heteroatoms. The van der Waals surface area contributed by atoms with Crippen LogP contribution in [0.5, 0.6) is 0 Å². The zero-order valence-electron chi connectivity index (χ0n) is 18.2. The second-order valence-electron chi connectivity index (χ2n) is 7.33. The van der Waals surface area contributed by atoms with Crippen LogP contribution >= 0.6 is 0 Å². The standard InChI is InChI=1S/C21H18F6N6O3/c1-28-19(10-34,16(35)36)15-31-17(29-13-6-2-4-11(8-13)20(22,23)24)33-18(32-15)30-14-7-3-5-12(9-14)21(25,26)27/h2-9,28,34H,10H2,1H3,(H,35,36)(H2,29,30,31,32,33)/t19-/m1/s1. The molecule has 2 aromatic carbocycles. The first-order valence-corrected chi connectivity index (χ1v) is 9.97. The molecule has 0 aliphatic carbocycles. The zero-order valence-corrected chi connectivity index (χ0v) is 18.2. The molecule has 36 heavy (non-hydrogen) atoms. The van der Waals surface area contributed by atoms with Crippen molar-refractivity contribution in [2.45, 2.75) is 17.9 Å². The number of carbonyl (C=O) groups is 1. The summed E-state index contributed by atoms with van der Waals surface area (Å²) in [5, 5.41) is 26.8. The Labute approximate surface area is 199 Å². The smallest absolute Gasteiger partial charge is 0.416 e. The average molecular weight is 516 g/mol. The molecule has 9 nitrogen and oxygen atoms in total. The molecule has 0 radical (unpaired) electrons. The Morgan fingerprint density at radius 2 is 1.28 bits per heavy atom. The largest absolute Gasteiger partial charge is 0.479 e. The molecule has 1 aromatic heterocycles. The number of likely N-dealkylation sites (N-methyl/N-ethyl adjacent to an activating group) is 1. The molecule has 0 fully saturated rings. The molecule has 5 N–H and O–H groups in total. The van der Waals surface area contributed by atoms with Crippen LogP contribution in [0.4, 0.5) is 49.6 Å². The molecule has 0 aliphatic rings. The topological polar surface area (TPSA) is 132 Å². The van der Waals surface area contributed by atoms with Crippen molar-refractivity contribution in [3.8, 4) is 0 Å². The molecule has 0 amide bonds. The fourth-order valence-electron chi connectivity index (χ4n) is 3.02. The Kier molecular flexibility index (Phi) is 7.35. The summed E-state index contributed by atoms with van der Waals surface area (Å²) < 4.78 is 78.4. The van der Waals surface area contributed by atoms with E-state index in [4.69, 9.17) is 0 Å². The van der Waals surface area contributed by atoms with Crippen LogP contribution in [0.25, 0.3) is 0 Å². The Hall–Kier alpha value is -3.98. The minimum absolute atomic E-state index is 0.124. The number of hydrogen-bond donors (Lipinski definition) is 5. The lowest BCUT2D eigenvalue weighted by Gasteiger charge is -2.25. The van der Waals surface area contributed by atoms with E-state index >= 15 is 0 Å². The van der Waals surface area contributed by atoms with Crippen molar-refractivity contribution in [1.29, 1.82) is 0 Å². The average Bonchev–Trinajstić information content (AvgIpc) is 2.79. The lowest BCUT2D eigenvalue weighted by Crippen LogP contribution is -2.52. The summed E-state index contributed by atoms with van der Waals surface area (Å²) in [5.74, 6) is -3.06. The van der Waals surface area contributed by atoms with Gasteiger partial charge in [0, 0.05) is 11.4 Å². The number of aliphatic carboxylic acids is 1. The van der Waals surface area contributed by atoms with E-state index in [2.05, 4.69) is 30.9 Å². The van der Waals surface area contributed by atoms with E-state index in [0.29, 0.717) is 0 Å². The quantitative estimate of drug-likeness (QED) is 0.283. The molecular formula is C21H18F6N6O3. The molecule has 0 bridgehead atoms. The highest BCUT2D eigenvalue weighted by atomic mass is 19.4. The highest BCUT2D eigenvalue weighted by molar-refractivity contribution is 5.80. The van der Waals surface area contributed by atoms with Gasteiger partial charge < -0.3 is 20.8 Å². The number of aliphatic hydroxyl groups excluding tert-OH is 1. The number of carboxylic acids is 1. The van der Waals surface area contributed by atoms with Crippen molar-refractivity contribution in [2.75, 3.05) is 24.3 Å². The van der Waals surface area contributed by atoms with Crippen LogP contribution in [-0.4, -0.2) is 44.8 Å². The SMILES string of the molecule is CN[C@@](CO)(C(=O)O)c1nc(Nc2cccc(C(F)(F)F)c2)nc(Nc2cccc(C(F)(F)F)c2)n1. The van der Waals surface area contributed by atoms with Crippen LogP contribution in [0.15, 0.2) is 48.5 Å². The summed E-state index contributed by atoms with van der Waals surface area (Å²) in [4.78, 5) is 23.7. The van der Waals surface area contributed by atoms with E-state index in [0.717, 1.165) is 36.4 Å². The highest BCUT2D eigenvalue weighted by Gasteiger charge is 2.42. The monoisotopic (exact) mass is 516 g/mol. The van der Waals surface area contributed by atoms with Crippen LogP contribution < -0.4 is 16.0 Å². The molecule has 0 saturated carbocycles. The maximum atomic E-state index is 13.1. The van der Waals surface area contributed by atoms with Gasteiger partial charge >= 0.3 is 18.3 Å². The van der Waals surface area contributed by atoms with Gasteiger partial charge in [-0.3, -0.25) is 5.32 Å². The predicted octanol–water partition coefficient (Wildman–Crippen LogP) is 3.89. The summed E-state index contributed by atoms with van der Waals surface area (Å²) in [6.07, 6.45) is -9.31. The number of aromatic nitrogens is 3. The lowest BCUT2D eigenvalue weighted by atomic mass is 10.0. The molecule has 192 valence electrons. The van der Waals surface area contributed by atoms with Gasteiger partial charge in [-0.15, -0.1) is 0 Å². The number of hydrogen-bond acceptors (Lipinski definition) is 8. The van der Waals surface area contributed by atoms with E-state index in [9.17, 15) is 41.4 Å². The number of benzene rings is 2. The van der Waals surface area contributed by atoms with Crippen LogP contribution in [-0.2, 0) is 22.7 Å². The fraction of sp³-hybridized carbons (Fsp3) is 0.238. The number of carboxylic acid groups (broad SMARTS) is 1. The van der Waals surface area contributed by atoms with E-state index in [1.807, 2.05) is 0 Å². The molecule has 1 heterocycles. The molecule has 1 atom stereocenters. The number of rotatable bonds is 8. The Balaban J connectivity index is 2.09. The number of aliphatic hydroxyl groups is 1. The summed E-state index contributed by atoms with van der Waals surface area (Å²) in [7, 11) is 1.19. The Morgan fingerprint density at radius 1 is 0.833 bits per heavy atom. The van der Waals surface area contributed by atoms with Crippen molar-refractivity contribution in [3.05, 3.63) is 65.5 Å². The van der Waals surface area contributed by atoms with Crippen LogP contribution in [0.2, 0.25) is 0 Å². The van der Waals surface area contributed by atoms with Crippen LogP contribution in [0, 0.1) is 0 Å². The second-order valence-corrected chi connectivity index (χ2v) is 7.33. The number of nitrogens with one attached hydrogen (secondary N) is 3. The van der Waals surface area contributed by atoms with E-state index in [1.165, 1.54) is 19.2 Å². The predicted molar refractivity (Wildman–Crippen MR) is 115 cm³/mol. The summed E-state index contributed by atoms with van der Waals surface area (Å²) in [5.41, 5.74) is -4.50. The van der Waals surface area contributed by atoms with Crippen LogP contribution in [0.3, 0.4) is 0 Å². The lowest BCUT2D eigenvalue weighted by molar-refractivity contribution is -0.147. The van der Waals surface area contributed by atoms with Gasteiger partial charge in [0.05, 0.1) is 17.7 Å². The first kappa shape index (κ1) is 26.6. The van der Waals surface area contributed by atoms with Crippen LogP contribution in [0.1, 0.15) is 17.0 Å². The van der Waals surface area contributed by atoms with E-state index in [-0.39, 0.29) is 11.4 Å². The van der Waals surface area contributed by atoms with E-state index in [1.54, 1.807) is 0 Å². The molecule has 3 rings (SSSR count). The van der Waals surface area contributed by atoms with Crippen molar-refractivity contribution in [1.82, 2.24) is 20.3 Å². The third kappa shape index (κ3) is 5.80. The fourth-order valence-corrected chi connectivity index (χ4v) is 3.02. The van der Waals surface area contributed by atoms with Gasteiger partial charge in [0.1, 0.15) is 0 Å². The van der Waals surface area contributed by atoms with Crippen molar-refractivity contribution < 1.29 is 41.4 Å². The summed E-state index contributed by atoms with van der Waals surface area (Å²) in [6.45, 7) is -1.05. The molecule has 0 unspecified atom stereocenters. The maximum Gasteiger partial charge on any atom is 0.416 e. The molecule has 0 saturated heterocycles. The number of anilines is 4. The third-order valence-corrected chi connectivity index (χ3v) is 4.94. The maximum absolute atomic E-state index is 13.1. The minimum atomic E-state index is -4.65. The van der Waals surface area contributed by atoms with Gasteiger partial charge in [0.2, 0.25) is 17.4 Å². The molecule has 0 spiro atoms. The van der Waals surface area contributed by atoms with Crippen molar-refractivity contribution in [2.24, 2.45) is 0 Å². The highest BCUT2D eigenvalue weighted by Crippen LogP contribution is 2.33. The number of halogens is 6. The Morgan fingerprint density at radius 3 is 1.61 bits per heavy atom. The summed E-state index contributed by atoms with van der Waals surface area (Å²) in [6, 6.07) is 7.88. The van der Waals surface area contributed by atoms with Gasteiger partial charge in [-0.2, -0.15) is 41.3 Å². The molecular weight excluding hydrogens is 498 g/mol. The molecule has 3 aromatic rings. The van der Waals surface area contributed by atoms with Gasteiger partial charge in [-0.05, 0) is 43.4 Å². The van der Waals surface area contributed by atoms with Crippen molar-refractivity contribution in [3.63, 3.8) is 0 Å². The summed E-state index contributed by atoms with van der Waals surface area (Å²) >= 11 is 0. The van der Waals surface area contributed by atoms with Crippen molar-refractivity contribution >= 4 is 29.2 Å².